The zero-order valence-electron chi connectivity index (χ0n) is 21.2. The molecule has 9 heteroatoms. The number of amides is 1. The van der Waals surface area contributed by atoms with Gasteiger partial charge >= 0.3 is 0 Å². The summed E-state index contributed by atoms with van der Waals surface area (Å²) in [5.41, 5.74) is 11.4. The van der Waals surface area contributed by atoms with Crippen LogP contribution in [0.5, 0.6) is 5.88 Å². The highest BCUT2D eigenvalue weighted by atomic mass is 19.1. The third kappa shape index (κ3) is 5.46. The number of hydrogen-bond donors (Lipinski definition) is 2. The first-order chi connectivity index (χ1) is 16.8. The van der Waals surface area contributed by atoms with Gasteiger partial charge in [-0.2, -0.15) is 0 Å². The van der Waals surface area contributed by atoms with Gasteiger partial charge < -0.3 is 9.64 Å². The van der Waals surface area contributed by atoms with E-state index in [4.69, 9.17) is 9.72 Å². The molecule has 0 saturated carbocycles. The van der Waals surface area contributed by atoms with E-state index in [2.05, 4.69) is 16.0 Å². The Kier molecular flexibility index (Phi) is 7.66. The van der Waals surface area contributed by atoms with E-state index < -0.39 is 0 Å². The molecule has 2 aromatic heterocycles. The van der Waals surface area contributed by atoms with E-state index in [1.165, 1.54) is 6.07 Å². The van der Waals surface area contributed by atoms with Crippen LogP contribution >= 0.6 is 0 Å². The maximum Gasteiger partial charge on any atom is 0.242 e. The molecule has 3 heterocycles. The first kappa shape index (κ1) is 25.1. The van der Waals surface area contributed by atoms with E-state index >= 15 is 0 Å². The number of methoxy groups -OCH3 is 1. The number of nitrogens with one attached hydrogen (secondary N) is 2. The van der Waals surface area contributed by atoms with Gasteiger partial charge in [0.05, 0.1) is 12.5 Å². The van der Waals surface area contributed by atoms with E-state index in [1.807, 2.05) is 38.9 Å². The second-order valence-electron chi connectivity index (χ2n) is 9.42. The molecule has 1 aromatic carbocycles. The summed E-state index contributed by atoms with van der Waals surface area (Å²) in [6.45, 7) is 4.73. The van der Waals surface area contributed by atoms with Gasteiger partial charge in [-0.1, -0.05) is 12.1 Å². The molecular formula is C26H35FN6O2. The van der Waals surface area contributed by atoms with Crippen molar-refractivity contribution in [3.8, 4) is 5.88 Å². The summed E-state index contributed by atoms with van der Waals surface area (Å²) < 4.78 is 20.7. The molecule has 3 aromatic rings. The van der Waals surface area contributed by atoms with E-state index in [9.17, 15) is 9.18 Å². The fourth-order valence-electron chi connectivity index (χ4n) is 4.98. The topological polar surface area (TPSA) is 84.3 Å². The van der Waals surface area contributed by atoms with Crippen LogP contribution in [0, 0.1) is 19.7 Å². The van der Waals surface area contributed by atoms with Crippen LogP contribution in [-0.4, -0.2) is 52.3 Å². The monoisotopic (exact) mass is 482 g/mol. The molecule has 8 nitrogen and oxygen atoms in total. The molecule has 1 saturated heterocycles. The highest BCUT2D eigenvalue weighted by Gasteiger charge is 2.25. The average molecular weight is 483 g/mol. The van der Waals surface area contributed by atoms with Crippen molar-refractivity contribution in [1.29, 1.82) is 0 Å². The minimum atomic E-state index is -0.214. The predicted molar refractivity (Wildman–Crippen MR) is 134 cm³/mol. The summed E-state index contributed by atoms with van der Waals surface area (Å²) in [4.78, 5) is 19.4. The van der Waals surface area contributed by atoms with Gasteiger partial charge in [0.2, 0.25) is 11.8 Å². The molecule has 0 bridgehead atoms. The van der Waals surface area contributed by atoms with Crippen molar-refractivity contribution in [2.24, 2.45) is 7.05 Å². The zero-order chi connectivity index (χ0) is 25.1. The maximum atomic E-state index is 13.5. The molecule has 0 radical (unpaired) electrons. The number of fused-ring (bicyclic) bond motifs is 1. The number of hydrazine groups is 1. The number of aromatic nitrogens is 3. The van der Waals surface area contributed by atoms with Crippen LogP contribution < -0.4 is 15.6 Å². The Morgan fingerprint density at radius 1 is 1.31 bits per heavy atom. The van der Waals surface area contributed by atoms with Gasteiger partial charge in [-0.15, -0.1) is 5.10 Å². The Bertz CT molecular complexity index is 1210. The van der Waals surface area contributed by atoms with Crippen LogP contribution in [0.2, 0.25) is 0 Å². The normalized spacial score (nSPS) is 17.8. The molecule has 1 fully saturated rings. The number of benzene rings is 1. The smallest absolute Gasteiger partial charge is 0.242 e. The number of pyridine rings is 1. The minimum Gasteiger partial charge on any atom is -0.479 e. The van der Waals surface area contributed by atoms with Crippen LogP contribution in [0.15, 0.2) is 24.3 Å². The van der Waals surface area contributed by atoms with Crippen LogP contribution in [0.25, 0.3) is 11.0 Å². The zero-order valence-corrected chi connectivity index (χ0v) is 21.2. The Balaban J connectivity index is 1.27. The van der Waals surface area contributed by atoms with Gasteiger partial charge in [0.25, 0.3) is 0 Å². The summed E-state index contributed by atoms with van der Waals surface area (Å²) in [5.74, 6) is 0.470. The van der Waals surface area contributed by atoms with E-state index in [0.29, 0.717) is 31.3 Å². The number of nitrogens with zero attached hydrogens (tertiary/aromatic N) is 4. The lowest BCUT2D eigenvalue weighted by atomic mass is 9.99. The number of carbonyl (C=O) groups excluding carboxylic acids is 1. The molecule has 1 aliphatic rings. The van der Waals surface area contributed by atoms with Crippen LogP contribution in [0.4, 0.5) is 4.39 Å². The fourth-order valence-corrected chi connectivity index (χ4v) is 4.98. The van der Waals surface area contributed by atoms with Gasteiger partial charge in [-0.25, -0.2) is 14.1 Å². The lowest BCUT2D eigenvalue weighted by Gasteiger charge is -2.19. The highest BCUT2D eigenvalue weighted by Crippen LogP contribution is 2.30. The maximum absolute atomic E-state index is 13.5. The molecule has 1 amide bonds. The van der Waals surface area contributed by atoms with Gasteiger partial charge in [-0.05, 0) is 68.4 Å². The van der Waals surface area contributed by atoms with E-state index in [-0.39, 0.29) is 17.8 Å². The lowest BCUT2D eigenvalue weighted by Crippen LogP contribution is -2.32. The third-order valence-corrected chi connectivity index (χ3v) is 7.01. The SMILES string of the molecule is COc1nn(C)c2nc(C)c(CCC(=O)N(C)CCCC3CC(c4cccc(F)c4)NN3)c(C)c12. The molecule has 188 valence electrons. The number of rotatable bonds is 9. The molecule has 0 spiro atoms. The van der Waals surface area contributed by atoms with Gasteiger partial charge in [0.1, 0.15) is 5.82 Å². The van der Waals surface area contributed by atoms with Crippen molar-refractivity contribution in [2.75, 3.05) is 20.7 Å². The van der Waals surface area contributed by atoms with Crippen LogP contribution in [0.3, 0.4) is 0 Å². The number of halogens is 1. The molecular weight excluding hydrogens is 447 g/mol. The number of hydrogen-bond acceptors (Lipinski definition) is 6. The average Bonchev–Trinajstić information content (AvgIpc) is 3.43. The molecule has 2 unspecified atom stereocenters. The standard InChI is InChI=1S/C26H35FN6O2/c1-16-21(17(2)28-25-24(16)26(35-5)31-33(25)4)11-12-23(34)32(3)13-7-10-20-15-22(30-29-20)18-8-6-9-19(27)14-18/h6,8-9,14,20,22,29-30H,7,10-13,15H2,1-5H3. The van der Waals surface area contributed by atoms with Crippen LogP contribution in [0.1, 0.15) is 54.1 Å². The van der Waals surface area contributed by atoms with Crippen molar-refractivity contribution in [1.82, 2.24) is 30.5 Å². The molecule has 4 rings (SSSR count). The quantitative estimate of drug-likeness (QED) is 0.486. The second-order valence-corrected chi connectivity index (χ2v) is 9.42. The largest absolute Gasteiger partial charge is 0.479 e. The van der Waals surface area contributed by atoms with Crippen molar-refractivity contribution in [3.63, 3.8) is 0 Å². The number of aryl methyl sites for hydroxylation is 3. The summed E-state index contributed by atoms with van der Waals surface area (Å²) in [6.07, 6.45) is 3.79. The first-order valence-electron chi connectivity index (χ1n) is 12.2. The Morgan fingerprint density at radius 2 is 2.11 bits per heavy atom. The summed E-state index contributed by atoms with van der Waals surface area (Å²) in [7, 11) is 5.33. The molecule has 2 atom stereocenters. The van der Waals surface area contributed by atoms with E-state index in [1.54, 1.807) is 23.9 Å². The Labute approximate surface area is 205 Å². The Hall–Kier alpha value is -3.04. The van der Waals surface area contributed by atoms with Gasteiger partial charge in [0, 0.05) is 44.8 Å². The second kappa shape index (κ2) is 10.7. The number of carbonyl (C=O) groups is 1. The van der Waals surface area contributed by atoms with Gasteiger partial charge in [0.15, 0.2) is 5.65 Å². The summed E-state index contributed by atoms with van der Waals surface area (Å²) in [5, 5.41) is 5.31. The lowest BCUT2D eigenvalue weighted by molar-refractivity contribution is -0.129. The van der Waals surface area contributed by atoms with E-state index in [0.717, 1.165) is 52.7 Å². The Morgan fingerprint density at radius 3 is 2.86 bits per heavy atom. The molecule has 35 heavy (non-hydrogen) atoms. The predicted octanol–water partition coefficient (Wildman–Crippen LogP) is 3.51. The summed E-state index contributed by atoms with van der Waals surface area (Å²) >= 11 is 0. The van der Waals surface area contributed by atoms with Gasteiger partial charge in [-0.3, -0.25) is 15.6 Å². The van der Waals surface area contributed by atoms with Crippen molar-refractivity contribution < 1.29 is 13.9 Å². The van der Waals surface area contributed by atoms with Crippen molar-refractivity contribution >= 4 is 16.9 Å². The minimum absolute atomic E-state index is 0.103. The molecule has 0 aliphatic carbocycles. The van der Waals surface area contributed by atoms with Crippen molar-refractivity contribution in [2.45, 2.75) is 58.0 Å². The fraction of sp³-hybridized carbons (Fsp3) is 0.500. The van der Waals surface area contributed by atoms with Crippen LogP contribution in [-0.2, 0) is 18.3 Å². The molecule has 2 N–H and O–H groups in total. The highest BCUT2D eigenvalue weighted by molar-refractivity contribution is 5.86. The number of ether oxygens (including phenoxy) is 1. The summed E-state index contributed by atoms with van der Waals surface area (Å²) in [6, 6.07) is 7.12. The third-order valence-electron chi connectivity index (χ3n) is 7.01. The first-order valence-corrected chi connectivity index (χ1v) is 12.2. The van der Waals surface area contributed by atoms with Crippen molar-refractivity contribution in [3.05, 3.63) is 52.5 Å². The molecule has 1 aliphatic heterocycles.